The molecule has 1 fully saturated rings. The van der Waals surface area contributed by atoms with Crippen LogP contribution in [0.4, 0.5) is 5.13 Å². The van der Waals surface area contributed by atoms with E-state index >= 15 is 0 Å². The van der Waals surface area contributed by atoms with E-state index in [-0.39, 0.29) is 0 Å². The van der Waals surface area contributed by atoms with E-state index < -0.39 is 10.0 Å². The van der Waals surface area contributed by atoms with E-state index in [0.717, 1.165) is 42.5 Å². The molecule has 1 N–H and O–H groups in total. The number of aryl methyl sites for hydroxylation is 1. The number of benzene rings is 2. The second kappa shape index (κ2) is 9.72. The van der Waals surface area contributed by atoms with Crippen LogP contribution in [0, 0.1) is 6.92 Å². The summed E-state index contributed by atoms with van der Waals surface area (Å²) in [6.45, 7) is 3.26. The number of hydrogen-bond acceptors (Lipinski definition) is 6. The fourth-order valence-electron chi connectivity index (χ4n) is 3.50. The lowest BCUT2D eigenvalue weighted by Gasteiger charge is -2.19. The van der Waals surface area contributed by atoms with Crippen molar-refractivity contribution in [2.75, 3.05) is 18.5 Å². The average Bonchev–Trinajstić information content (AvgIpc) is 3.07. The van der Waals surface area contributed by atoms with Crippen molar-refractivity contribution < 1.29 is 8.42 Å². The molecule has 0 atom stereocenters. The van der Waals surface area contributed by atoms with Gasteiger partial charge < -0.3 is 0 Å². The van der Waals surface area contributed by atoms with Gasteiger partial charge in [0.05, 0.1) is 16.8 Å². The summed E-state index contributed by atoms with van der Waals surface area (Å²) in [6.07, 6.45) is 5.81. The number of anilines is 1. The van der Waals surface area contributed by atoms with Gasteiger partial charge in [0.15, 0.2) is 0 Å². The van der Waals surface area contributed by atoms with Crippen LogP contribution in [0.25, 0.3) is 11.3 Å². The Labute approximate surface area is 187 Å². The summed E-state index contributed by atoms with van der Waals surface area (Å²) in [7, 11) is -3.44. The molecule has 0 radical (unpaired) electrons. The van der Waals surface area contributed by atoms with E-state index in [1.807, 2.05) is 48.7 Å². The topological polar surface area (TPSA) is 74.7 Å². The highest BCUT2D eigenvalue weighted by Gasteiger charge is 2.25. The van der Waals surface area contributed by atoms with Crippen LogP contribution in [0.5, 0.6) is 0 Å². The third-order valence-electron chi connectivity index (χ3n) is 5.31. The Morgan fingerprint density at radius 3 is 2.35 bits per heavy atom. The SMILES string of the molecule is Cc1ccc(/C=N/Nc2nc(-c3ccc(S(=O)(=O)N4CCCCCC4)cc3)cs2)cc1. The molecule has 0 aliphatic carbocycles. The van der Waals surface area contributed by atoms with Crippen molar-refractivity contribution in [3.63, 3.8) is 0 Å². The first kappa shape index (κ1) is 21.7. The van der Waals surface area contributed by atoms with Crippen molar-refractivity contribution in [2.45, 2.75) is 37.5 Å². The molecule has 1 saturated heterocycles. The fourth-order valence-corrected chi connectivity index (χ4v) is 5.69. The molecule has 0 bridgehead atoms. The van der Waals surface area contributed by atoms with Crippen LogP contribution in [-0.2, 0) is 10.0 Å². The van der Waals surface area contributed by atoms with Crippen molar-refractivity contribution in [3.8, 4) is 11.3 Å². The van der Waals surface area contributed by atoms with Crippen LogP contribution in [0.3, 0.4) is 0 Å². The number of aromatic nitrogens is 1. The predicted octanol–water partition coefficient (Wildman–Crippen LogP) is 5.13. The highest BCUT2D eigenvalue weighted by Crippen LogP contribution is 2.27. The first-order chi connectivity index (χ1) is 15.0. The van der Waals surface area contributed by atoms with E-state index in [9.17, 15) is 8.42 Å². The number of rotatable bonds is 6. The molecule has 2 aromatic carbocycles. The van der Waals surface area contributed by atoms with Crippen molar-refractivity contribution in [2.24, 2.45) is 5.10 Å². The smallest absolute Gasteiger partial charge is 0.243 e. The number of nitrogens with zero attached hydrogens (tertiary/aromatic N) is 3. The number of thiazole rings is 1. The van der Waals surface area contributed by atoms with Gasteiger partial charge in [-0.1, -0.05) is 54.8 Å². The quantitative estimate of drug-likeness (QED) is 0.414. The summed E-state index contributed by atoms with van der Waals surface area (Å²) in [5.41, 5.74) is 6.84. The van der Waals surface area contributed by atoms with Crippen LogP contribution >= 0.6 is 11.3 Å². The molecule has 3 aromatic rings. The Hall–Kier alpha value is -2.55. The van der Waals surface area contributed by atoms with E-state index in [1.165, 1.54) is 16.9 Å². The van der Waals surface area contributed by atoms with Crippen molar-refractivity contribution >= 4 is 32.7 Å². The molecule has 0 amide bonds. The molecule has 2 heterocycles. The largest absolute Gasteiger partial charge is 0.253 e. The normalized spacial score (nSPS) is 15.8. The van der Waals surface area contributed by atoms with Crippen LogP contribution in [0.1, 0.15) is 36.8 Å². The Bertz CT molecular complexity index is 1130. The average molecular weight is 455 g/mol. The second-order valence-corrected chi connectivity index (χ2v) is 10.5. The molecule has 1 aliphatic rings. The molecule has 6 nitrogen and oxygen atoms in total. The van der Waals surface area contributed by atoms with Gasteiger partial charge in [-0.3, -0.25) is 5.43 Å². The highest BCUT2D eigenvalue weighted by molar-refractivity contribution is 7.89. The summed E-state index contributed by atoms with van der Waals surface area (Å²) in [4.78, 5) is 4.90. The first-order valence-electron chi connectivity index (χ1n) is 10.4. The molecule has 1 aliphatic heterocycles. The molecular formula is C23H26N4O2S2. The minimum atomic E-state index is -3.44. The second-order valence-electron chi connectivity index (χ2n) is 7.66. The van der Waals surface area contributed by atoms with Crippen molar-refractivity contribution in [3.05, 3.63) is 65.0 Å². The van der Waals surface area contributed by atoms with Gasteiger partial charge in [-0.2, -0.15) is 9.41 Å². The number of nitrogens with one attached hydrogen (secondary N) is 1. The maximum atomic E-state index is 12.9. The van der Waals surface area contributed by atoms with Crippen molar-refractivity contribution in [1.82, 2.24) is 9.29 Å². The standard InChI is InChI=1S/C23H26N4O2S2/c1-18-6-8-19(9-7-18)16-24-26-23-25-22(17-30-23)20-10-12-21(13-11-20)31(28,29)27-14-4-2-3-5-15-27/h6-13,16-17H,2-5,14-15H2,1H3,(H,25,26)/b24-16+. The molecular weight excluding hydrogens is 428 g/mol. The number of sulfonamides is 1. The molecule has 8 heteroatoms. The monoisotopic (exact) mass is 454 g/mol. The van der Waals surface area contributed by atoms with Gasteiger partial charge in [0.1, 0.15) is 0 Å². The van der Waals surface area contributed by atoms with Gasteiger partial charge in [0.2, 0.25) is 15.2 Å². The number of hydrazone groups is 1. The van der Waals surface area contributed by atoms with Gasteiger partial charge in [-0.25, -0.2) is 13.4 Å². The van der Waals surface area contributed by atoms with Crippen LogP contribution in [0.15, 0.2) is 63.9 Å². The van der Waals surface area contributed by atoms with Crippen LogP contribution in [-0.4, -0.2) is 37.0 Å². The minimum Gasteiger partial charge on any atom is -0.253 e. The molecule has 31 heavy (non-hydrogen) atoms. The molecule has 1 aromatic heterocycles. The number of hydrogen-bond donors (Lipinski definition) is 1. The van der Waals surface area contributed by atoms with Gasteiger partial charge in [-0.15, -0.1) is 11.3 Å². The predicted molar refractivity (Wildman–Crippen MR) is 127 cm³/mol. The molecule has 162 valence electrons. The molecule has 0 spiro atoms. The highest BCUT2D eigenvalue weighted by atomic mass is 32.2. The third kappa shape index (κ3) is 5.39. The lowest BCUT2D eigenvalue weighted by Crippen LogP contribution is -2.31. The van der Waals surface area contributed by atoms with Crippen LogP contribution < -0.4 is 5.43 Å². The lowest BCUT2D eigenvalue weighted by molar-refractivity contribution is 0.424. The van der Waals surface area contributed by atoms with E-state index in [0.29, 0.717) is 23.1 Å². The van der Waals surface area contributed by atoms with Gasteiger partial charge in [0, 0.05) is 24.0 Å². The van der Waals surface area contributed by atoms with E-state index in [1.54, 1.807) is 22.7 Å². The Balaban J connectivity index is 1.42. The third-order valence-corrected chi connectivity index (χ3v) is 7.97. The summed E-state index contributed by atoms with van der Waals surface area (Å²) in [6, 6.07) is 15.1. The first-order valence-corrected chi connectivity index (χ1v) is 12.8. The summed E-state index contributed by atoms with van der Waals surface area (Å²) in [5.74, 6) is 0. The molecule has 0 saturated carbocycles. The van der Waals surface area contributed by atoms with E-state index in [4.69, 9.17) is 0 Å². The van der Waals surface area contributed by atoms with Gasteiger partial charge >= 0.3 is 0 Å². The van der Waals surface area contributed by atoms with E-state index in [2.05, 4.69) is 15.5 Å². The molecule has 0 unspecified atom stereocenters. The lowest BCUT2D eigenvalue weighted by atomic mass is 10.2. The Morgan fingerprint density at radius 2 is 1.68 bits per heavy atom. The zero-order valence-electron chi connectivity index (χ0n) is 17.5. The fraction of sp³-hybridized carbons (Fsp3) is 0.304. The zero-order valence-corrected chi connectivity index (χ0v) is 19.1. The maximum Gasteiger partial charge on any atom is 0.243 e. The summed E-state index contributed by atoms with van der Waals surface area (Å²) >= 11 is 1.45. The summed E-state index contributed by atoms with van der Waals surface area (Å²) in [5, 5.41) is 6.86. The Kier molecular flexibility index (Phi) is 6.80. The summed E-state index contributed by atoms with van der Waals surface area (Å²) < 4.78 is 27.5. The Morgan fingerprint density at radius 1 is 1.00 bits per heavy atom. The molecule has 4 rings (SSSR count). The maximum absolute atomic E-state index is 12.9. The van der Waals surface area contributed by atoms with Crippen molar-refractivity contribution in [1.29, 1.82) is 0 Å². The minimum absolute atomic E-state index is 0.342. The van der Waals surface area contributed by atoms with Crippen LogP contribution in [0.2, 0.25) is 0 Å². The van der Waals surface area contributed by atoms with Gasteiger partial charge in [-0.05, 0) is 37.5 Å². The zero-order chi connectivity index (χ0) is 21.7. The van der Waals surface area contributed by atoms with Gasteiger partial charge in [0.25, 0.3) is 0 Å².